The molecule has 0 aromatic heterocycles. The van der Waals surface area contributed by atoms with Gasteiger partial charge < -0.3 is 0 Å². The van der Waals surface area contributed by atoms with Gasteiger partial charge in [-0.25, -0.2) is 0 Å². The maximum atomic E-state index is 11.5. The molecule has 1 aliphatic rings. The number of allylic oxidation sites excluding steroid dienone is 4. The molecule has 0 spiro atoms. The second-order valence-corrected chi connectivity index (χ2v) is 4.24. The summed E-state index contributed by atoms with van der Waals surface area (Å²) in [6, 6.07) is 0. The van der Waals surface area contributed by atoms with Gasteiger partial charge in [0.2, 0.25) is 0 Å². The zero-order chi connectivity index (χ0) is 9.19. The van der Waals surface area contributed by atoms with Crippen molar-refractivity contribution >= 4 is 21.7 Å². The monoisotopic (exact) mass is 228 g/mol. The zero-order valence-corrected chi connectivity index (χ0v) is 9.02. The maximum absolute atomic E-state index is 11.5. The lowest BCUT2D eigenvalue weighted by molar-refractivity contribution is -0.125. The minimum absolute atomic E-state index is 0.258. The molecule has 0 amide bonds. The van der Waals surface area contributed by atoms with Gasteiger partial charge in [0.25, 0.3) is 0 Å². The van der Waals surface area contributed by atoms with Gasteiger partial charge in [-0.15, -0.1) is 0 Å². The number of rotatable bonds is 2. The van der Waals surface area contributed by atoms with Gasteiger partial charge in [-0.1, -0.05) is 41.1 Å². The third kappa shape index (κ3) is 1.86. The largest absolute Gasteiger partial charge is 0.299 e. The van der Waals surface area contributed by atoms with Crippen LogP contribution in [0.25, 0.3) is 0 Å². The number of ketones is 1. The van der Waals surface area contributed by atoms with Crippen molar-refractivity contribution in [3.05, 3.63) is 22.7 Å². The number of Topliss-reactive ketones (excluding diaryl/α,β-unsaturated/α-hetero) is 1. The van der Waals surface area contributed by atoms with E-state index in [2.05, 4.69) is 15.9 Å². The van der Waals surface area contributed by atoms with Gasteiger partial charge >= 0.3 is 0 Å². The molecule has 0 N–H and O–H groups in total. The first-order chi connectivity index (χ1) is 5.58. The zero-order valence-electron chi connectivity index (χ0n) is 7.43. The molecular formula is C10H13BrO. The van der Waals surface area contributed by atoms with E-state index in [0.29, 0.717) is 12.2 Å². The van der Waals surface area contributed by atoms with E-state index in [0.717, 1.165) is 10.9 Å². The van der Waals surface area contributed by atoms with Crippen molar-refractivity contribution < 1.29 is 4.79 Å². The Morgan fingerprint density at radius 1 is 1.75 bits per heavy atom. The Labute approximate surface area is 81.7 Å². The van der Waals surface area contributed by atoms with Crippen LogP contribution >= 0.6 is 15.9 Å². The fraction of sp³-hybridized carbons (Fsp3) is 0.500. The highest BCUT2D eigenvalue weighted by Gasteiger charge is 2.28. The average Bonchev–Trinajstić information content (AvgIpc) is 2.09. The van der Waals surface area contributed by atoms with Gasteiger partial charge in [-0.05, 0) is 13.3 Å². The van der Waals surface area contributed by atoms with E-state index in [9.17, 15) is 4.79 Å². The summed E-state index contributed by atoms with van der Waals surface area (Å²) in [6.07, 6.45) is 7.43. The van der Waals surface area contributed by atoms with E-state index in [1.165, 1.54) is 0 Å². The van der Waals surface area contributed by atoms with Crippen molar-refractivity contribution in [3.63, 3.8) is 0 Å². The lowest BCUT2D eigenvalue weighted by atomic mass is 9.79. The van der Waals surface area contributed by atoms with Crippen molar-refractivity contribution in [3.8, 4) is 0 Å². The first-order valence-corrected chi connectivity index (χ1v) is 4.96. The number of carbonyl (C=O) groups is 1. The van der Waals surface area contributed by atoms with E-state index < -0.39 is 0 Å². The molecular weight excluding hydrogens is 216 g/mol. The Morgan fingerprint density at radius 3 is 2.83 bits per heavy atom. The second-order valence-electron chi connectivity index (χ2n) is 3.32. The van der Waals surface area contributed by atoms with Crippen LogP contribution in [0.15, 0.2) is 22.7 Å². The maximum Gasteiger partial charge on any atom is 0.142 e. The molecule has 1 unspecified atom stereocenters. The lowest BCUT2D eigenvalue weighted by Gasteiger charge is -2.24. The SMILES string of the molecule is CCC(=O)C1(C)C=CC(Br)=CC1. The normalized spacial score (nSPS) is 28.4. The average molecular weight is 229 g/mol. The molecule has 0 radical (unpaired) electrons. The van der Waals surface area contributed by atoms with Crippen LogP contribution in [-0.4, -0.2) is 5.78 Å². The van der Waals surface area contributed by atoms with Gasteiger partial charge in [0.05, 0.1) is 0 Å². The summed E-state index contributed by atoms with van der Waals surface area (Å²) in [4.78, 5) is 11.5. The molecule has 0 aliphatic heterocycles. The van der Waals surface area contributed by atoms with Crippen LogP contribution in [0.1, 0.15) is 26.7 Å². The third-order valence-corrected chi connectivity index (χ3v) is 2.88. The van der Waals surface area contributed by atoms with Crippen molar-refractivity contribution in [1.82, 2.24) is 0 Å². The predicted octanol–water partition coefficient (Wildman–Crippen LogP) is 3.21. The summed E-state index contributed by atoms with van der Waals surface area (Å²) in [5, 5.41) is 0. The summed E-state index contributed by atoms with van der Waals surface area (Å²) in [6.45, 7) is 3.90. The Kier molecular flexibility index (Phi) is 2.89. The highest BCUT2D eigenvalue weighted by Crippen LogP contribution is 2.32. The number of carbonyl (C=O) groups excluding carboxylic acids is 1. The van der Waals surface area contributed by atoms with Crippen LogP contribution in [0.5, 0.6) is 0 Å². The molecule has 12 heavy (non-hydrogen) atoms. The van der Waals surface area contributed by atoms with E-state index in [1.807, 2.05) is 32.1 Å². The number of hydrogen-bond acceptors (Lipinski definition) is 1. The fourth-order valence-corrected chi connectivity index (χ4v) is 1.61. The minimum Gasteiger partial charge on any atom is -0.299 e. The summed E-state index contributed by atoms with van der Waals surface area (Å²) in [7, 11) is 0. The van der Waals surface area contributed by atoms with E-state index in [1.54, 1.807) is 0 Å². The molecule has 1 aliphatic carbocycles. The van der Waals surface area contributed by atoms with Crippen LogP contribution in [0, 0.1) is 5.41 Å². The fourth-order valence-electron chi connectivity index (χ4n) is 1.32. The first-order valence-electron chi connectivity index (χ1n) is 4.16. The minimum atomic E-state index is -0.258. The molecule has 1 rings (SSSR count). The molecule has 66 valence electrons. The summed E-state index contributed by atoms with van der Waals surface area (Å²) < 4.78 is 1.07. The van der Waals surface area contributed by atoms with Crippen molar-refractivity contribution in [2.75, 3.05) is 0 Å². The predicted molar refractivity (Wildman–Crippen MR) is 54.2 cm³/mol. The quantitative estimate of drug-likeness (QED) is 0.710. The summed E-state index contributed by atoms with van der Waals surface area (Å²) in [5.74, 6) is 0.315. The molecule has 2 heteroatoms. The molecule has 0 bridgehead atoms. The second kappa shape index (κ2) is 3.56. The molecule has 1 nitrogen and oxygen atoms in total. The Hall–Kier alpha value is -0.370. The van der Waals surface area contributed by atoms with Crippen molar-refractivity contribution in [2.45, 2.75) is 26.7 Å². The number of halogens is 1. The smallest absolute Gasteiger partial charge is 0.142 e. The van der Waals surface area contributed by atoms with Crippen LogP contribution in [0.2, 0.25) is 0 Å². The van der Waals surface area contributed by atoms with Gasteiger partial charge in [-0.3, -0.25) is 4.79 Å². The Morgan fingerprint density at radius 2 is 2.42 bits per heavy atom. The van der Waals surface area contributed by atoms with Gasteiger partial charge in [-0.2, -0.15) is 0 Å². The molecule has 0 saturated heterocycles. The first kappa shape index (κ1) is 9.72. The molecule has 1 atom stereocenters. The van der Waals surface area contributed by atoms with E-state index in [-0.39, 0.29) is 5.41 Å². The standard InChI is InChI=1S/C10H13BrO/c1-3-9(12)10(2)6-4-8(11)5-7-10/h4-6H,3,7H2,1-2H3. The number of hydrogen-bond donors (Lipinski definition) is 0. The van der Waals surface area contributed by atoms with Gasteiger partial charge in [0, 0.05) is 16.3 Å². The summed E-state index contributed by atoms with van der Waals surface area (Å²) in [5.41, 5.74) is -0.258. The van der Waals surface area contributed by atoms with Crippen LogP contribution in [0.4, 0.5) is 0 Å². The van der Waals surface area contributed by atoms with Gasteiger partial charge in [0.1, 0.15) is 5.78 Å². The van der Waals surface area contributed by atoms with Crippen LogP contribution < -0.4 is 0 Å². The van der Waals surface area contributed by atoms with Gasteiger partial charge in [0.15, 0.2) is 0 Å². The van der Waals surface area contributed by atoms with Crippen LogP contribution in [0.3, 0.4) is 0 Å². The van der Waals surface area contributed by atoms with Crippen LogP contribution in [-0.2, 0) is 4.79 Å². The highest BCUT2D eigenvalue weighted by molar-refractivity contribution is 9.11. The summed E-state index contributed by atoms with van der Waals surface area (Å²) >= 11 is 3.37. The van der Waals surface area contributed by atoms with E-state index in [4.69, 9.17) is 0 Å². The topological polar surface area (TPSA) is 17.1 Å². The molecule has 0 aromatic carbocycles. The van der Waals surface area contributed by atoms with Crippen molar-refractivity contribution in [1.29, 1.82) is 0 Å². The highest BCUT2D eigenvalue weighted by atomic mass is 79.9. The Balaban J connectivity index is 2.78. The Bertz CT molecular complexity index is 253. The van der Waals surface area contributed by atoms with Crippen molar-refractivity contribution in [2.24, 2.45) is 5.41 Å². The molecule has 0 fully saturated rings. The molecule has 0 saturated carbocycles. The lowest BCUT2D eigenvalue weighted by Crippen LogP contribution is -2.25. The molecule has 0 aromatic rings. The van der Waals surface area contributed by atoms with E-state index >= 15 is 0 Å². The third-order valence-electron chi connectivity index (χ3n) is 2.29. The molecule has 0 heterocycles.